The number of hydrogen-bond acceptors (Lipinski definition) is 8. The lowest BCUT2D eigenvalue weighted by Gasteiger charge is -2.24. The Morgan fingerprint density at radius 3 is 1.63 bits per heavy atom. The summed E-state index contributed by atoms with van der Waals surface area (Å²) in [6.45, 7) is 4.02. The van der Waals surface area contributed by atoms with Gasteiger partial charge in [0.25, 0.3) is 0 Å². The van der Waals surface area contributed by atoms with Crippen LogP contribution in [0.25, 0.3) is 0 Å². The van der Waals surface area contributed by atoms with Crippen LogP contribution >= 0.6 is 7.82 Å². The number of quaternary nitrogens is 1. The molecule has 0 fully saturated rings. The van der Waals surface area contributed by atoms with E-state index in [1.54, 1.807) is 6.08 Å². The number of carbonyl (C=O) groups is 2. The van der Waals surface area contributed by atoms with Crippen LogP contribution in [0.4, 0.5) is 0 Å². The number of aliphatic hydroxyl groups excluding tert-OH is 1. The minimum absolute atomic E-state index is 0.0157. The highest BCUT2D eigenvalue weighted by Crippen LogP contribution is 2.43. The number of phosphoric ester groups is 1. The Bertz CT molecular complexity index is 1210. The van der Waals surface area contributed by atoms with Crippen LogP contribution in [0.5, 0.6) is 0 Å². The van der Waals surface area contributed by atoms with E-state index in [0.717, 1.165) is 44.9 Å². The largest absolute Gasteiger partial charge is 0.472 e. The number of unbranched alkanes of at least 4 members (excludes halogenated alkanes) is 17. The Hall–Kier alpha value is -2.33. The first-order valence-electron chi connectivity index (χ1n) is 23.1. The summed E-state index contributed by atoms with van der Waals surface area (Å²) in [5.74, 6) is -0.884. The van der Waals surface area contributed by atoms with Crippen LogP contribution in [0.3, 0.4) is 0 Å². The first-order valence-corrected chi connectivity index (χ1v) is 24.6. The predicted molar refractivity (Wildman–Crippen MR) is 244 cm³/mol. The summed E-state index contributed by atoms with van der Waals surface area (Å²) in [6, 6.07) is 0. The second kappa shape index (κ2) is 39.8. The van der Waals surface area contributed by atoms with Crippen LogP contribution in [0.15, 0.2) is 60.8 Å². The lowest BCUT2D eigenvalue weighted by atomic mass is 10.0. The number of aliphatic hydroxyl groups is 1. The van der Waals surface area contributed by atoms with E-state index in [9.17, 15) is 24.2 Å². The van der Waals surface area contributed by atoms with Gasteiger partial charge in [-0.2, -0.15) is 0 Å². The first-order chi connectivity index (χ1) is 28.4. The topological polar surface area (TPSA) is 129 Å². The summed E-state index contributed by atoms with van der Waals surface area (Å²) in [5.41, 5.74) is 0. The minimum atomic E-state index is -4.40. The van der Waals surface area contributed by atoms with Crippen molar-refractivity contribution in [1.82, 2.24) is 0 Å². The minimum Gasteiger partial charge on any atom is -0.462 e. The number of nitrogens with zero attached hydrogens (tertiary/aromatic N) is 1. The normalized spacial score (nSPS) is 14.6. The van der Waals surface area contributed by atoms with Gasteiger partial charge < -0.3 is 24.0 Å². The number of ether oxygens (including phenoxy) is 2. The van der Waals surface area contributed by atoms with Crippen LogP contribution in [-0.2, 0) is 32.7 Å². The van der Waals surface area contributed by atoms with E-state index in [1.807, 2.05) is 52.4 Å². The summed E-state index contributed by atoms with van der Waals surface area (Å²) in [4.78, 5) is 35.4. The van der Waals surface area contributed by atoms with Gasteiger partial charge >= 0.3 is 19.8 Å². The third kappa shape index (κ3) is 43.6. The smallest absolute Gasteiger partial charge is 0.462 e. The summed E-state index contributed by atoms with van der Waals surface area (Å²) in [6.07, 6.45) is 45.1. The van der Waals surface area contributed by atoms with Crippen molar-refractivity contribution in [2.24, 2.45) is 0 Å². The molecule has 0 saturated carbocycles. The fourth-order valence-electron chi connectivity index (χ4n) is 5.94. The van der Waals surface area contributed by atoms with Crippen LogP contribution in [0.1, 0.15) is 174 Å². The van der Waals surface area contributed by atoms with Crippen molar-refractivity contribution in [2.75, 3.05) is 47.5 Å². The number of carbonyl (C=O) groups excluding carboxylic acids is 2. The molecular formula is C48H87NO9P+. The number of rotatable bonds is 41. The molecule has 1 unspecified atom stereocenters. The van der Waals surface area contributed by atoms with Crippen LogP contribution < -0.4 is 0 Å². The van der Waals surface area contributed by atoms with Gasteiger partial charge in [-0.25, -0.2) is 4.57 Å². The molecule has 2 N–H and O–H groups in total. The molecule has 11 heteroatoms. The molecule has 0 aliphatic heterocycles. The Morgan fingerprint density at radius 2 is 1.10 bits per heavy atom. The Balaban J connectivity index is 4.43. The maximum atomic E-state index is 12.7. The molecule has 0 saturated heterocycles. The molecule has 0 aromatic rings. The molecule has 0 radical (unpaired) electrons. The zero-order chi connectivity index (χ0) is 43.7. The van der Waals surface area contributed by atoms with Crippen molar-refractivity contribution in [3.8, 4) is 0 Å². The van der Waals surface area contributed by atoms with Crippen molar-refractivity contribution < 1.29 is 47.2 Å². The Kier molecular flexibility index (Phi) is 38.2. The van der Waals surface area contributed by atoms with Gasteiger partial charge in [-0.1, -0.05) is 177 Å². The van der Waals surface area contributed by atoms with E-state index in [-0.39, 0.29) is 32.2 Å². The molecule has 0 spiro atoms. The zero-order valence-electron chi connectivity index (χ0n) is 38.1. The number of hydrogen-bond donors (Lipinski definition) is 2. The van der Waals surface area contributed by atoms with Gasteiger partial charge in [-0.15, -0.1) is 0 Å². The van der Waals surface area contributed by atoms with Crippen molar-refractivity contribution in [1.29, 1.82) is 0 Å². The molecular weight excluding hydrogens is 766 g/mol. The van der Waals surface area contributed by atoms with E-state index in [0.29, 0.717) is 30.3 Å². The molecule has 3 atom stereocenters. The van der Waals surface area contributed by atoms with Crippen LogP contribution in [0, 0.1) is 0 Å². The third-order valence-corrected chi connectivity index (χ3v) is 10.7. The van der Waals surface area contributed by atoms with E-state index in [1.165, 1.54) is 83.5 Å². The van der Waals surface area contributed by atoms with Crippen molar-refractivity contribution in [2.45, 2.75) is 187 Å². The maximum absolute atomic E-state index is 12.7. The summed E-state index contributed by atoms with van der Waals surface area (Å²) >= 11 is 0. The molecule has 59 heavy (non-hydrogen) atoms. The van der Waals surface area contributed by atoms with Gasteiger partial charge in [0, 0.05) is 12.8 Å². The van der Waals surface area contributed by atoms with Gasteiger partial charge in [0.1, 0.15) is 19.8 Å². The fraction of sp³-hybridized carbons (Fsp3) is 0.750. The molecule has 0 aliphatic rings. The predicted octanol–water partition coefficient (Wildman–Crippen LogP) is 12.2. The lowest BCUT2D eigenvalue weighted by Crippen LogP contribution is -2.37. The van der Waals surface area contributed by atoms with E-state index in [4.69, 9.17) is 18.5 Å². The molecule has 0 aromatic heterocycles. The molecule has 0 rings (SSSR count). The number of esters is 2. The van der Waals surface area contributed by atoms with Gasteiger partial charge in [-0.3, -0.25) is 18.6 Å². The van der Waals surface area contributed by atoms with Crippen molar-refractivity contribution in [3.05, 3.63) is 60.8 Å². The van der Waals surface area contributed by atoms with Gasteiger partial charge in [0.2, 0.25) is 0 Å². The van der Waals surface area contributed by atoms with E-state index >= 15 is 0 Å². The number of likely N-dealkylation sites (N-methyl/N-ethyl adjacent to an activating group) is 1. The summed E-state index contributed by atoms with van der Waals surface area (Å²) in [7, 11) is 1.42. The molecule has 0 bridgehead atoms. The monoisotopic (exact) mass is 853 g/mol. The molecule has 342 valence electrons. The lowest BCUT2D eigenvalue weighted by molar-refractivity contribution is -0.870. The summed E-state index contributed by atoms with van der Waals surface area (Å²) < 4.78 is 34.3. The second-order valence-electron chi connectivity index (χ2n) is 16.6. The molecule has 0 aliphatic carbocycles. The van der Waals surface area contributed by atoms with Gasteiger partial charge in [0.15, 0.2) is 6.10 Å². The molecule has 0 aromatic carbocycles. The average molecular weight is 853 g/mol. The van der Waals surface area contributed by atoms with Crippen LogP contribution in [0.2, 0.25) is 0 Å². The highest BCUT2D eigenvalue weighted by molar-refractivity contribution is 7.47. The highest BCUT2D eigenvalue weighted by atomic mass is 31.2. The molecule has 10 nitrogen and oxygen atoms in total. The van der Waals surface area contributed by atoms with Gasteiger partial charge in [0.05, 0.1) is 33.9 Å². The van der Waals surface area contributed by atoms with Crippen molar-refractivity contribution in [3.63, 3.8) is 0 Å². The van der Waals surface area contributed by atoms with Gasteiger partial charge in [-0.05, 0) is 44.9 Å². The average Bonchev–Trinajstić information content (AvgIpc) is 3.19. The SMILES string of the molecule is CCCCCCCCCCCCCCCCCCCC(=O)O[C@H](COC(=O)CCC/C=C\C/C=C\C/C=C\C/C=C\C=C\[C@@H](O)CC)COP(=O)(O)OCC[N+](C)(C)C. The van der Waals surface area contributed by atoms with E-state index < -0.39 is 32.5 Å². The molecule has 0 amide bonds. The first kappa shape index (κ1) is 56.7. The standard InChI is InChI=1S/C48H86NO9P/c1-6-8-9-10-11-12-13-14-15-16-17-22-25-28-31-34-37-40-48(52)58-46(44-57-59(53,54)56-42-41-49(3,4)5)43-55-47(51)39-36-33-30-27-24-21-19-18-20-23-26-29-32-35-38-45(50)7-2/h19-21,23,27,29-30,32,35,38,45-46,50H,6-18,22,24-26,28,31,33-34,36-37,39-44H2,1-5H3/p+1/b21-19-,23-20-,30-27-,32-29-,38-35+/t45-,46+/m0/s1. The van der Waals surface area contributed by atoms with Crippen LogP contribution in [-0.4, -0.2) is 86.1 Å². The number of allylic oxidation sites excluding steroid dienone is 9. The number of phosphoric acid groups is 1. The fourth-order valence-corrected chi connectivity index (χ4v) is 6.68. The third-order valence-electron chi connectivity index (χ3n) is 9.72. The quantitative estimate of drug-likeness (QED) is 0.0154. The molecule has 0 heterocycles. The maximum Gasteiger partial charge on any atom is 0.472 e. The second-order valence-corrected chi connectivity index (χ2v) is 18.1. The summed E-state index contributed by atoms with van der Waals surface area (Å²) in [5, 5.41) is 9.48. The Labute approximate surface area is 360 Å². The zero-order valence-corrected chi connectivity index (χ0v) is 39.0. The Morgan fingerprint density at radius 1 is 0.610 bits per heavy atom. The van der Waals surface area contributed by atoms with Crippen molar-refractivity contribution >= 4 is 19.8 Å². The highest BCUT2D eigenvalue weighted by Gasteiger charge is 2.27. The van der Waals surface area contributed by atoms with E-state index in [2.05, 4.69) is 37.3 Å².